The van der Waals surface area contributed by atoms with Crippen molar-refractivity contribution >= 4 is 34.2 Å². The molecule has 2 bridgehead atoms. The fourth-order valence-electron chi connectivity index (χ4n) is 5.01. The fourth-order valence-corrected chi connectivity index (χ4v) is 5.01. The number of nitrogens with zero attached hydrogens (tertiary/aromatic N) is 5. The van der Waals surface area contributed by atoms with Crippen LogP contribution < -0.4 is 26.8 Å². The molecule has 154 valence electrons. The maximum absolute atomic E-state index is 12.8. The third-order valence-corrected chi connectivity index (χ3v) is 6.72. The molecule has 3 aliphatic carbocycles. The van der Waals surface area contributed by atoms with Crippen molar-refractivity contribution < 1.29 is 0 Å². The average Bonchev–Trinajstić information content (AvgIpc) is 2.71. The Bertz CT molecular complexity index is 1170. The second kappa shape index (κ2) is 6.40. The second-order valence-electron chi connectivity index (χ2n) is 8.68. The van der Waals surface area contributed by atoms with E-state index in [0.29, 0.717) is 17.4 Å². The molecule has 0 aromatic carbocycles. The third kappa shape index (κ3) is 2.65. The van der Waals surface area contributed by atoms with Crippen LogP contribution >= 0.6 is 0 Å². The predicted molar refractivity (Wildman–Crippen MR) is 116 cm³/mol. The first kappa shape index (κ1) is 17.6. The quantitative estimate of drug-likeness (QED) is 0.598. The maximum atomic E-state index is 12.8. The Hall–Kier alpha value is -3.20. The van der Waals surface area contributed by atoms with E-state index in [1.54, 1.807) is 12.3 Å². The van der Waals surface area contributed by atoms with Gasteiger partial charge in [-0.3, -0.25) is 9.36 Å². The van der Waals surface area contributed by atoms with Gasteiger partial charge in [-0.2, -0.15) is 4.98 Å². The zero-order valence-electron chi connectivity index (χ0n) is 16.6. The van der Waals surface area contributed by atoms with Gasteiger partial charge >= 0.3 is 0 Å². The highest BCUT2D eigenvalue weighted by Gasteiger charge is 2.59. The van der Waals surface area contributed by atoms with Crippen molar-refractivity contribution in [3.63, 3.8) is 0 Å². The molecule has 4 fully saturated rings. The summed E-state index contributed by atoms with van der Waals surface area (Å²) in [6.07, 6.45) is 6.69. The number of hydrogen-bond donors (Lipinski definition) is 3. The molecule has 3 aromatic heterocycles. The molecule has 1 saturated heterocycles. The lowest BCUT2D eigenvalue weighted by Crippen LogP contribution is -2.62. The highest BCUT2D eigenvalue weighted by atomic mass is 16.1. The van der Waals surface area contributed by atoms with Gasteiger partial charge < -0.3 is 21.3 Å². The normalized spacial score (nSPS) is 24.9. The van der Waals surface area contributed by atoms with Crippen LogP contribution in [0.2, 0.25) is 0 Å². The van der Waals surface area contributed by atoms with Crippen LogP contribution in [0, 0.1) is 5.92 Å². The average molecular weight is 404 g/mol. The Balaban J connectivity index is 1.32. The molecule has 3 aromatic rings. The highest BCUT2D eigenvalue weighted by Crippen LogP contribution is 2.62. The first-order chi connectivity index (χ1) is 14.6. The van der Waals surface area contributed by atoms with E-state index < -0.39 is 0 Å². The van der Waals surface area contributed by atoms with E-state index in [4.69, 9.17) is 5.73 Å². The van der Waals surface area contributed by atoms with E-state index in [2.05, 4.69) is 36.6 Å². The summed E-state index contributed by atoms with van der Waals surface area (Å²) in [7, 11) is 0. The van der Waals surface area contributed by atoms with Gasteiger partial charge in [0.1, 0.15) is 11.5 Å². The van der Waals surface area contributed by atoms with Crippen LogP contribution in [0.15, 0.2) is 35.4 Å². The minimum Gasteiger partial charge on any atom is -0.394 e. The molecule has 0 spiro atoms. The number of aromatic nitrogens is 4. The third-order valence-electron chi connectivity index (χ3n) is 6.72. The summed E-state index contributed by atoms with van der Waals surface area (Å²) < 4.78 is 1.81. The van der Waals surface area contributed by atoms with E-state index in [1.807, 2.05) is 16.8 Å². The fraction of sp³-hybridized carbons (Fsp3) is 0.429. The molecule has 0 unspecified atom stereocenters. The summed E-state index contributed by atoms with van der Waals surface area (Å²) in [4.78, 5) is 28.8. The molecule has 7 rings (SSSR count). The lowest BCUT2D eigenvalue weighted by molar-refractivity contribution is -0.0882. The minimum absolute atomic E-state index is 0.107. The van der Waals surface area contributed by atoms with E-state index >= 15 is 0 Å². The van der Waals surface area contributed by atoms with Gasteiger partial charge in [0, 0.05) is 37.8 Å². The molecule has 4 heterocycles. The number of fused-ring (bicyclic) bond motifs is 1. The van der Waals surface area contributed by atoms with Crippen molar-refractivity contribution in [3.05, 3.63) is 40.9 Å². The molecule has 9 nitrogen and oxygen atoms in total. The zero-order valence-corrected chi connectivity index (χ0v) is 16.6. The number of nitrogens with two attached hydrogens (primary N) is 1. The highest BCUT2D eigenvalue weighted by molar-refractivity contribution is 5.79. The van der Waals surface area contributed by atoms with Gasteiger partial charge in [-0.15, -0.1) is 0 Å². The summed E-state index contributed by atoms with van der Waals surface area (Å²) in [6.45, 7) is 3.93. The van der Waals surface area contributed by atoms with Gasteiger partial charge in [0.2, 0.25) is 5.95 Å². The van der Waals surface area contributed by atoms with Gasteiger partial charge in [0.15, 0.2) is 0 Å². The van der Waals surface area contributed by atoms with Gasteiger partial charge in [0.25, 0.3) is 5.56 Å². The van der Waals surface area contributed by atoms with Crippen molar-refractivity contribution in [1.82, 2.24) is 24.8 Å². The van der Waals surface area contributed by atoms with Crippen LogP contribution in [0.3, 0.4) is 0 Å². The Kier molecular flexibility index (Phi) is 3.76. The molecule has 0 atom stereocenters. The van der Waals surface area contributed by atoms with Crippen molar-refractivity contribution in [2.24, 2.45) is 5.92 Å². The molecule has 4 N–H and O–H groups in total. The molecule has 30 heavy (non-hydrogen) atoms. The van der Waals surface area contributed by atoms with Crippen molar-refractivity contribution in [2.75, 3.05) is 42.1 Å². The number of nitrogens with one attached hydrogen (secondary N) is 2. The van der Waals surface area contributed by atoms with Crippen molar-refractivity contribution in [2.45, 2.75) is 24.8 Å². The molecule has 3 saturated carbocycles. The van der Waals surface area contributed by atoms with Crippen LogP contribution in [0.4, 0.5) is 23.1 Å². The predicted octanol–water partition coefficient (Wildman–Crippen LogP) is 1.43. The van der Waals surface area contributed by atoms with Gasteiger partial charge in [0.05, 0.1) is 23.1 Å². The molecular formula is C21H24N8O. The molecule has 4 aliphatic rings. The monoisotopic (exact) mass is 404 g/mol. The largest absolute Gasteiger partial charge is 0.394 e. The van der Waals surface area contributed by atoms with Crippen LogP contribution in [0.1, 0.15) is 19.3 Å². The summed E-state index contributed by atoms with van der Waals surface area (Å²) in [5.74, 6) is 1.84. The summed E-state index contributed by atoms with van der Waals surface area (Å²) in [5, 5.41) is 7.31. The van der Waals surface area contributed by atoms with Gasteiger partial charge in [-0.1, -0.05) is 0 Å². The first-order valence-electron chi connectivity index (χ1n) is 10.5. The van der Waals surface area contributed by atoms with Crippen LogP contribution in [-0.2, 0) is 5.54 Å². The van der Waals surface area contributed by atoms with Crippen LogP contribution in [-0.4, -0.2) is 45.7 Å². The Morgan fingerprint density at radius 3 is 2.60 bits per heavy atom. The lowest BCUT2D eigenvalue weighted by Gasteiger charge is -2.62. The number of piperazine rings is 1. The summed E-state index contributed by atoms with van der Waals surface area (Å²) >= 11 is 0. The number of pyridine rings is 2. The number of rotatable bonds is 4. The van der Waals surface area contributed by atoms with E-state index in [-0.39, 0.29) is 16.8 Å². The number of nitrogen functional groups attached to an aromatic ring is 1. The smallest absolute Gasteiger partial charge is 0.275 e. The SMILES string of the molecule is Nc1cc2cnc(Nc3ccc(N4CCNCC4)cn3)nc2n(C23CC(C2)C3)c1=O. The lowest BCUT2D eigenvalue weighted by atomic mass is 9.49. The molecule has 9 heteroatoms. The van der Waals surface area contributed by atoms with Crippen LogP contribution in [0.25, 0.3) is 11.0 Å². The summed E-state index contributed by atoms with van der Waals surface area (Å²) in [6, 6.07) is 5.66. The topological polar surface area (TPSA) is 114 Å². The van der Waals surface area contributed by atoms with E-state index in [1.165, 1.54) is 0 Å². The van der Waals surface area contributed by atoms with Gasteiger partial charge in [-0.05, 0) is 43.4 Å². The molecular weight excluding hydrogens is 380 g/mol. The van der Waals surface area contributed by atoms with Crippen molar-refractivity contribution in [1.29, 1.82) is 0 Å². The Labute approximate surface area is 173 Å². The standard InChI is InChI=1S/C21H24N8O/c22-16-7-14-11-25-20(27-18(14)29(19(16)30)21-8-13(9-21)10-21)26-17-2-1-15(12-24-17)28-5-3-23-4-6-28/h1-2,7,11-13,23H,3-6,8-10,22H2,(H,24,25,26,27). The van der Waals surface area contributed by atoms with E-state index in [9.17, 15) is 4.79 Å². The van der Waals surface area contributed by atoms with Crippen LogP contribution in [0.5, 0.6) is 0 Å². The van der Waals surface area contributed by atoms with Crippen molar-refractivity contribution in [3.8, 4) is 0 Å². The molecule has 0 amide bonds. The second-order valence-corrected chi connectivity index (χ2v) is 8.68. The summed E-state index contributed by atoms with van der Waals surface area (Å²) in [5.41, 5.74) is 7.74. The molecule has 0 radical (unpaired) electrons. The number of hydrogen-bond acceptors (Lipinski definition) is 8. The minimum atomic E-state index is -0.149. The zero-order chi connectivity index (χ0) is 20.3. The van der Waals surface area contributed by atoms with Gasteiger partial charge in [-0.25, -0.2) is 9.97 Å². The van der Waals surface area contributed by atoms with E-state index in [0.717, 1.165) is 62.4 Å². The maximum Gasteiger partial charge on any atom is 0.275 e. The first-order valence-corrected chi connectivity index (χ1v) is 10.5. The Morgan fingerprint density at radius 1 is 1.13 bits per heavy atom. The Morgan fingerprint density at radius 2 is 1.93 bits per heavy atom. The number of anilines is 4. The molecule has 1 aliphatic heterocycles.